The fourth-order valence-corrected chi connectivity index (χ4v) is 3.20. The van der Waals surface area contributed by atoms with Crippen LogP contribution in [-0.2, 0) is 9.63 Å². The topological polar surface area (TPSA) is 76.5 Å². The van der Waals surface area contributed by atoms with E-state index >= 15 is 0 Å². The van der Waals surface area contributed by atoms with Crippen molar-refractivity contribution in [2.75, 3.05) is 5.32 Å². The number of hydrogen-bond donors (Lipinski definition) is 1. The normalized spacial score (nSPS) is 20.4. The second-order valence-corrected chi connectivity index (χ2v) is 6.42. The van der Waals surface area contributed by atoms with Crippen molar-refractivity contribution in [1.29, 1.82) is 0 Å². The van der Waals surface area contributed by atoms with Crippen LogP contribution in [0.3, 0.4) is 0 Å². The third-order valence-corrected chi connectivity index (χ3v) is 4.67. The van der Waals surface area contributed by atoms with E-state index < -0.39 is 6.10 Å². The van der Waals surface area contributed by atoms with Gasteiger partial charge in [0.2, 0.25) is 11.2 Å². The average molecular weight is 314 g/mol. The summed E-state index contributed by atoms with van der Waals surface area (Å²) in [7, 11) is 0. The number of oxime groups is 1. The van der Waals surface area contributed by atoms with Crippen LogP contribution in [0.2, 0.25) is 0 Å². The Bertz CT molecular complexity index is 724. The maximum Gasteiger partial charge on any atom is 0.270 e. The van der Waals surface area contributed by atoms with E-state index in [4.69, 9.17) is 4.84 Å². The molecule has 1 aromatic heterocycles. The number of aromatic nitrogens is 2. The van der Waals surface area contributed by atoms with E-state index in [1.165, 1.54) is 24.2 Å². The molecule has 22 heavy (non-hydrogen) atoms. The SMILES string of the molecule is O=C(Nc1nnc(C2CC2)s1)[C@H]1CC(c2ccccc2)=NO1. The molecule has 2 heterocycles. The van der Waals surface area contributed by atoms with Crippen molar-refractivity contribution in [2.24, 2.45) is 5.16 Å². The van der Waals surface area contributed by atoms with Crippen molar-refractivity contribution in [3.63, 3.8) is 0 Å². The van der Waals surface area contributed by atoms with Crippen molar-refractivity contribution in [3.05, 3.63) is 40.9 Å². The molecule has 4 rings (SSSR count). The van der Waals surface area contributed by atoms with Gasteiger partial charge in [-0.3, -0.25) is 10.1 Å². The van der Waals surface area contributed by atoms with Crippen LogP contribution in [0.5, 0.6) is 0 Å². The van der Waals surface area contributed by atoms with Crippen molar-refractivity contribution in [2.45, 2.75) is 31.3 Å². The lowest BCUT2D eigenvalue weighted by Crippen LogP contribution is -2.28. The Morgan fingerprint density at radius 2 is 2.05 bits per heavy atom. The van der Waals surface area contributed by atoms with Crippen molar-refractivity contribution in [3.8, 4) is 0 Å². The summed E-state index contributed by atoms with van der Waals surface area (Å²) in [5.41, 5.74) is 1.77. The number of rotatable bonds is 4. The minimum Gasteiger partial charge on any atom is -0.382 e. The van der Waals surface area contributed by atoms with Gasteiger partial charge in [0.15, 0.2) is 0 Å². The average Bonchev–Trinajstić information content (AvgIpc) is 3.10. The standard InChI is InChI=1S/C15H14N4O2S/c20-13(16-15-18-17-14(22-15)10-6-7-10)12-8-11(19-21-12)9-4-2-1-3-5-9/h1-5,10,12H,6-8H2,(H,16,18,20)/t12-/m1/s1. The van der Waals surface area contributed by atoms with Gasteiger partial charge in [0, 0.05) is 12.3 Å². The molecule has 0 bridgehead atoms. The summed E-state index contributed by atoms with van der Waals surface area (Å²) >= 11 is 1.44. The molecule has 1 saturated carbocycles. The van der Waals surface area contributed by atoms with E-state index in [-0.39, 0.29) is 5.91 Å². The lowest BCUT2D eigenvalue weighted by atomic mass is 10.1. The van der Waals surface area contributed by atoms with Crippen LogP contribution >= 0.6 is 11.3 Å². The molecule has 2 aliphatic rings. The molecule has 7 heteroatoms. The summed E-state index contributed by atoms with van der Waals surface area (Å²) in [6.07, 6.45) is 2.19. The van der Waals surface area contributed by atoms with Crippen molar-refractivity contribution in [1.82, 2.24) is 10.2 Å². The molecular weight excluding hydrogens is 300 g/mol. The number of hydrogen-bond acceptors (Lipinski definition) is 6. The lowest BCUT2D eigenvalue weighted by Gasteiger charge is -2.06. The van der Waals surface area contributed by atoms with Crippen molar-refractivity contribution < 1.29 is 9.63 Å². The molecule has 112 valence electrons. The van der Waals surface area contributed by atoms with E-state index in [0.29, 0.717) is 17.5 Å². The zero-order valence-electron chi connectivity index (χ0n) is 11.7. The van der Waals surface area contributed by atoms with Crippen LogP contribution in [-0.4, -0.2) is 27.9 Å². The van der Waals surface area contributed by atoms with Crippen LogP contribution in [0.15, 0.2) is 35.5 Å². The number of amides is 1. The second-order valence-electron chi connectivity index (χ2n) is 5.41. The Balaban J connectivity index is 1.37. The molecule has 1 fully saturated rings. The first-order chi connectivity index (χ1) is 10.8. The Kier molecular flexibility index (Phi) is 3.34. The molecule has 1 N–H and O–H groups in total. The molecule has 1 atom stereocenters. The summed E-state index contributed by atoms with van der Waals surface area (Å²) in [6.45, 7) is 0. The maximum absolute atomic E-state index is 12.2. The third-order valence-electron chi connectivity index (χ3n) is 3.67. The van der Waals surface area contributed by atoms with Crippen molar-refractivity contribution >= 4 is 28.1 Å². The second kappa shape index (κ2) is 5.49. The van der Waals surface area contributed by atoms with Crippen LogP contribution in [0.25, 0.3) is 0 Å². The number of nitrogens with one attached hydrogen (secondary N) is 1. The maximum atomic E-state index is 12.2. The Labute approximate surface area is 131 Å². The zero-order chi connectivity index (χ0) is 14.9. The van der Waals surface area contributed by atoms with Gasteiger partial charge in [-0.1, -0.05) is 46.8 Å². The predicted octanol–water partition coefficient (Wildman–Crippen LogP) is 2.55. The quantitative estimate of drug-likeness (QED) is 0.941. The summed E-state index contributed by atoms with van der Waals surface area (Å²) < 4.78 is 0. The Hall–Kier alpha value is -2.28. The van der Waals surface area contributed by atoms with Gasteiger partial charge in [0.05, 0.1) is 5.71 Å². The highest BCUT2D eigenvalue weighted by atomic mass is 32.1. The van der Waals surface area contributed by atoms with Crippen LogP contribution in [0.1, 0.15) is 35.8 Å². The van der Waals surface area contributed by atoms with Gasteiger partial charge >= 0.3 is 0 Å². The number of anilines is 1. The molecule has 1 aliphatic carbocycles. The minimum absolute atomic E-state index is 0.229. The number of nitrogens with zero attached hydrogens (tertiary/aromatic N) is 3. The monoisotopic (exact) mass is 314 g/mol. The summed E-state index contributed by atoms with van der Waals surface area (Å²) in [6, 6.07) is 9.72. The van der Waals surface area contributed by atoms with Crippen LogP contribution in [0.4, 0.5) is 5.13 Å². The molecule has 6 nitrogen and oxygen atoms in total. The lowest BCUT2D eigenvalue weighted by molar-refractivity contribution is -0.125. The molecule has 2 aromatic rings. The van der Waals surface area contributed by atoms with Gasteiger partial charge in [0.1, 0.15) is 5.01 Å². The van der Waals surface area contributed by atoms with Gasteiger partial charge in [-0.15, -0.1) is 10.2 Å². The van der Waals surface area contributed by atoms with Gasteiger partial charge in [-0.05, 0) is 18.4 Å². The molecule has 0 radical (unpaired) electrons. The van der Waals surface area contributed by atoms with Gasteiger partial charge in [0.25, 0.3) is 5.91 Å². The van der Waals surface area contributed by atoms with E-state index in [2.05, 4.69) is 20.7 Å². The summed E-state index contributed by atoms with van der Waals surface area (Å²) in [5.74, 6) is 0.312. The highest BCUT2D eigenvalue weighted by Gasteiger charge is 2.31. The highest BCUT2D eigenvalue weighted by Crippen LogP contribution is 2.42. The van der Waals surface area contributed by atoms with E-state index in [1.54, 1.807) is 0 Å². The summed E-state index contributed by atoms with van der Waals surface area (Å²) in [4.78, 5) is 17.5. The van der Waals surface area contributed by atoms with Crippen LogP contribution in [0, 0.1) is 0 Å². The highest BCUT2D eigenvalue weighted by molar-refractivity contribution is 7.15. The first-order valence-corrected chi connectivity index (χ1v) is 8.03. The van der Waals surface area contributed by atoms with E-state index in [0.717, 1.165) is 16.3 Å². The first-order valence-electron chi connectivity index (χ1n) is 7.22. The van der Waals surface area contributed by atoms with Crippen LogP contribution < -0.4 is 5.32 Å². The molecule has 1 aromatic carbocycles. The van der Waals surface area contributed by atoms with E-state index in [1.807, 2.05) is 30.3 Å². The minimum atomic E-state index is -0.608. The Morgan fingerprint density at radius 1 is 1.23 bits per heavy atom. The molecular formula is C15H14N4O2S. The first kappa shape index (κ1) is 13.4. The largest absolute Gasteiger partial charge is 0.382 e. The fraction of sp³-hybridized carbons (Fsp3) is 0.333. The molecule has 0 spiro atoms. The molecule has 1 aliphatic heterocycles. The zero-order valence-corrected chi connectivity index (χ0v) is 12.5. The summed E-state index contributed by atoms with van der Waals surface area (Å²) in [5, 5.41) is 16.4. The van der Waals surface area contributed by atoms with E-state index in [9.17, 15) is 4.79 Å². The van der Waals surface area contributed by atoms with Gasteiger partial charge in [-0.2, -0.15) is 0 Å². The van der Waals surface area contributed by atoms with Gasteiger partial charge in [-0.25, -0.2) is 0 Å². The molecule has 0 unspecified atom stereocenters. The third kappa shape index (κ3) is 2.71. The molecule has 0 saturated heterocycles. The number of carbonyl (C=O) groups excluding carboxylic acids is 1. The smallest absolute Gasteiger partial charge is 0.270 e. The number of carbonyl (C=O) groups is 1. The molecule has 1 amide bonds. The van der Waals surface area contributed by atoms with Gasteiger partial charge < -0.3 is 4.84 Å². The fourth-order valence-electron chi connectivity index (χ4n) is 2.29. The Morgan fingerprint density at radius 3 is 2.82 bits per heavy atom. The number of benzene rings is 1. The predicted molar refractivity (Wildman–Crippen MR) is 83.0 cm³/mol.